The van der Waals surface area contributed by atoms with Crippen LogP contribution in [0.5, 0.6) is 0 Å². The standard InChI is InChI=1S/C20H26Cl3NO9/c1-11(17(28)30-9-12-5-3-2-4-6-12)8-31-18-14(16(27)15(26)13(7-25)33-18)24-19(29)32-10-20(21,22)23/h2-6,11,13-16,18,25-27H,7-10H2,1H3,(H,24,29)/t11?,13?,14?,15-,16-,18-/m1/s1. The predicted molar refractivity (Wildman–Crippen MR) is 118 cm³/mol. The lowest BCUT2D eigenvalue weighted by atomic mass is 9.97. The SMILES string of the molecule is CC(CO[C@@H]1OC(CO)[C@@H](O)[C@H](O)C1NC(=O)OCC(Cl)(Cl)Cl)C(=O)OCc1ccccc1. The smallest absolute Gasteiger partial charge is 0.407 e. The van der Waals surface area contributed by atoms with E-state index in [1.54, 1.807) is 6.92 Å². The van der Waals surface area contributed by atoms with Crippen LogP contribution in [0.1, 0.15) is 12.5 Å². The van der Waals surface area contributed by atoms with E-state index in [0.717, 1.165) is 5.56 Å². The van der Waals surface area contributed by atoms with Gasteiger partial charge in [-0.1, -0.05) is 65.1 Å². The van der Waals surface area contributed by atoms with Gasteiger partial charge in [-0.2, -0.15) is 0 Å². The molecule has 1 amide bonds. The Balaban J connectivity index is 1.95. The van der Waals surface area contributed by atoms with Gasteiger partial charge in [-0.3, -0.25) is 4.79 Å². The number of nitrogens with one attached hydrogen (secondary N) is 1. The van der Waals surface area contributed by atoms with Gasteiger partial charge in [0.1, 0.15) is 37.6 Å². The summed E-state index contributed by atoms with van der Waals surface area (Å²) in [5.74, 6) is -1.27. The Morgan fingerprint density at radius 2 is 1.82 bits per heavy atom. The Morgan fingerprint density at radius 1 is 1.15 bits per heavy atom. The van der Waals surface area contributed by atoms with E-state index in [1.165, 1.54) is 0 Å². The molecular weight excluding hydrogens is 505 g/mol. The fraction of sp³-hybridized carbons (Fsp3) is 0.600. The lowest BCUT2D eigenvalue weighted by Crippen LogP contribution is -2.65. The first kappa shape index (κ1) is 27.9. The fourth-order valence-electron chi connectivity index (χ4n) is 2.88. The van der Waals surface area contributed by atoms with Crippen LogP contribution in [0, 0.1) is 5.92 Å². The summed E-state index contributed by atoms with van der Waals surface area (Å²) >= 11 is 16.6. The van der Waals surface area contributed by atoms with Crippen molar-refractivity contribution in [2.45, 2.75) is 48.0 Å². The summed E-state index contributed by atoms with van der Waals surface area (Å²) in [4.78, 5) is 24.3. The highest BCUT2D eigenvalue weighted by atomic mass is 35.6. The van der Waals surface area contributed by atoms with Crippen LogP contribution in [0.4, 0.5) is 4.79 Å². The van der Waals surface area contributed by atoms with Crippen molar-refractivity contribution < 1.29 is 43.9 Å². The minimum atomic E-state index is -1.86. The number of aliphatic hydroxyl groups excluding tert-OH is 3. The van der Waals surface area contributed by atoms with Crippen molar-refractivity contribution in [2.75, 3.05) is 19.8 Å². The van der Waals surface area contributed by atoms with Gasteiger partial charge in [-0.05, 0) is 12.5 Å². The first-order valence-corrected chi connectivity index (χ1v) is 11.1. The third-order valence-corrected chi connectivity index (χ3v) is 5.00. The zero-order chi connectivity index (χ0) is 24.6. The highest BCUT2D eigenvalue weighted by Gasteiger charge is 2.46. The normalized spacial score (nSPS) is 26.3. The molecule has 0 aliphatic carbocycles. The number of ether oxygens (including phenoxy) is 4. The van der Waals surface area contributed by atoms with Gasteiger partial charge in [0.05, 0.1) is 19.1 Å². The predicted octanol–water partition coefficient (Wildman–Crippen LogP) is 1.29. The molecule has 3 unspecified atom stereocenters. The molecule has 1 aromatic rings. The number of carbonyl (C=O) groups excluding carboxylic acids is 2. The first-order valence-electron chi connectivity index (χ1n) is 9.96. The number of carbonyl (C=O) groups is 2. The molecule has 2 rings (SSSR count). The van der Waals surface area contributed by atoms with Crippen LogP contribution in [-0.2, 0) is 30.3 Å². The van der Waals surface area contributed by atoms with E-state index >= 15 is 0 Å². The molecule has 186 valence electrons. The third-order valence-electron chi connectivity index (χ3n) is 4.67. The number of alkyl carbamates (subject to hydrolysis) is 1. The molecule has 0 spiro atoms. The van der Waals surface area contributed by atoms with Gasteiger partial charge in [0, 0.05) is 0 Å². The molecule has 0 saturated carbocycles. The van der Waals surface area contributed by atoms with Crippen molar-refractivity contribution in [1.29, 1.82) is 0 Å². The van der Waals surface area contributed by atoms with E-state index < -0.39 is 65.6 Å². The Morgan fingerprint density at radius 3 is 2.42 bits per heavy atom. The summed E-state index contributed by atoms with van der Waals surface area (Å²) in [6.07, 6.45) is -6.75. The van der Waals surface area contributed by atoms with Crippen molar-refractivity contribution in [3.05, 3.63) is 35.9 Å². The highest BCUT2D eigenvalue weighted by molar-refractivity contribution is 6.67. The quantitative estimate of drug-likeness (QED) is 0.274. The van der Waals surface area contributed by atoms with Gasteiger partial charge < -0.3 is 39.6 Å². The number of esters is 1. The molecule has 0 bridgehead atoms. The molecule has 0 aromatic heterocycles. The van der Waals surface area contributed by atoms with Crippen LogP contribution in [0.3, 0.4) is 0 Å². The molecule has 33 heavy (non-hydrogen) atoms. The molecule has 1 aromatic carbocycles. The van der Waals surface area contributed by atoms with Crippen LogP contribution >= 0.6 is 34.8 Å². The maximum Gasteiger partial charge on any atom is 0.407 e. The van der Waals surface area contributed by atoms with E-state index in [4.69, 9.17) is 53.8 Å². The number of hydrogen-bond donors (Lipinski definition) is 4. The van der Waals surface area contributed by atoms with Crippen LogP contribution in [0.25, 0.3) is 0 Å². The third kappa shape index (κ3) is 9.06. The molecule has 1 aliphatic heterocycles. The zero-order valence-electron chi connectivity index (χ0n) is 17.6. The number of aliphatic hydroxyl groups is 3. The van der Waals surface area contributed by atoms with Gasteiger partial charge in [-0.25, -0.2) is 4.79 Å². The van der Waals surface area contributed by atoms with Crippen LogP contribution in [0.2, 0.25) is 0 Å². The second-order valence-corrected chi connectivity index (χ2v) is 9.91. The van der Waals surface area contributed by atoms with Crippen molar-refractivity contribution in [2.24, 2.45) is 5.92 Å². The lowest BCUT2D eigenvalue weighted by molar-refractivity contribution is -0.271. The van der Waals surface area contributed by atoms with Crippen LogP contribution in [-0.4, -0.2) is 81.6 Å². The van der Waals surface area contributed by atoms with Crippen LogP contribution < -0.4 is 5.32 Å². The van der Waals surface area contributed by atoms with E-state index in [1.807, 2.05) is 30.3 Å². The summed E-state index contributed by atoms with van der Waals surface area (Å²) in [6.45, 7) is 0.228. The summed E-state index contributed by atoms with van der Waals surface area (Å²) in [7, 11) is 0. The number of benzene rings is 1. The Labute approximate surface area is 205 Å². The number of amides is 1. The molecule has 13 heteroatoms. The fourth-order valence-corrected chi connectivity index (χ4v) is 3.05. The largest absolute Gasteiger partial charge is 0.461 e. The van der Waals surface area contributed by atoms with E-state index in [2.05, 4.69) is 5.32 Å². The zero-order valence-corrected chi connectivity index (χ0v) is 19.9. The van der Waals surface area contributed by atoms with Crippen LogP contribution in [0.15, 0.2) is 30.3 Å². The van der Waals surface area contributed by atoms with Gasteiger partial charge >= 0.3 is 12.1 Å². The number of alkyl halides is 3. The van der Waals surface area contributed by atoms with Crippen molar-refractivity contribution in [1.82, 2.24) is 5.32 Å². The van der Waals surface area contributed by atoms with Crippen molar-refractivity contribution >= 4 is 46.9 Å². The number of rotatable bonds is 9. The average molecular weight is 531 g/mol. The molecule has 6 atom stereocenters. The minimum Gasteiger partial charge on any atom is -0.461 e. The monoisotopic (exact) mass is 529 g/mol. The summed E-state index contributed by atoms with van der Waals surface area (Å²) in [6, 6.07) is 7.78. The topological polar surface area (TPSA) is 144 Å². The second kappa shape index (κ2) is 12.9. The van der Waals surface area contributed by atoms with Gasteiger partial charge in [0.2, 0.25) is 3.79 Å². The molecule has 1 fully saturated rings. The van der Waals surface area contributed by atoms with Gasteiger partial charge in [-0.15, -0.1) is 0 Å². The molecular formula is C20H26Cl3NO9. The van der Waals surface area contributed by atoms with E-state index in [9.17, 15) is 24.9 Å². The summed E-state index contributed by atoms with van der Waals surface area (Å²) < 4.78 is 19.2. The molecule has 1 saturated heterocycles. The van der Waals surface area contributed by atoms with E-state index in [-0.39, 0.29) is 13.2 Å². The minimum absolute atomic E-state index is 0.0840. The second-order valence-electron chi connectivity index (χ2n) is 7.40. The summed E-state index contributed by atoms with van der Waals surface area (Å²) in [5.41, 5.74) is 0.815. The molecule has 10 nitrogen and oxygen atoms in total. The Kier molecular flexibility index (Phi) is 10.9. The van der Waals surface area contributed by atoms with Gasteiger partial charge in [0.25, 0.3) is 0 Å². The highest BCUT2D eigenvalue weighted by Crippen LogP contribution is 2.26. The Hall–Kier alpha value is -1.37. The Bertz CT molecular complexity index is 765. The van der Waals surface area contributed by atoms with Gasteiger partial charge in [0.15, 0.2) is 6.29 Å². The average Bonchev–Trinajstić information content (AvgIpc) is 2.78. The summed E-state index contributed by atoms with van der Waals surface area (Å²) in [5, 5.41) is 32.2. The first-order chi connectivity index (χ1) is 15.5. The van der Waals surface area contributed by atoms with E-state index in [0.29, 0.717) is 0 Å². The molecule has 1 heterocycles. The molecule has 4 N–H and O–H groups in total. The molecule has 0 radical (unpaired) electrons. The number of hydrogen-bond acceptors (Lipinski definition) is 9. The maximum absolute atomic E-state index is 12.3. The number of halogens is 3. The molecule has 1 aliphatic rings. The lowest BCUT2D eigenvalue weighted by Gasteiger charge is -2.42. The van der Waals surface area contributed by atoms with Crippen molar-refractivity contribution in [3.8, 4) is 0 Å². The maximum atomic E-state index is 12.3. The van der Waals surface area contributed by atoms with Crippen molar-refractivity contribution in [3.63, 3.8) is 0 Å².